The van der Waals surface area contributed by atoms with Gasteiger partial charge >= 0.3 is 6.18 Å². The van der Waals surface area contributed by atoms with E-state index in [2.05, 4.69) is 25.3 Å². The Morgan fingerprint density at radius 3 is 2.38 bits per heavy atom. The number of aliphatic hydroxyl groups is 1. The van der Waals surface area contributed by atoms with E-state index < -0.39 is 23.8 Å². The molecule has 3 N–H and O–H groups in total. The summed E-state index contributed by atoms with van der Waals surface area (Å²) in [4.78, 5) is 31.6. The fraction of sp³-hybridized carbons (Fsp3) is 0.500. The molecule has 2 heterocycles. The predicted molar refractivity (Wildman–Crippen MR) is 141 cm³/mol. The number of likely N-dealkylation sites (tertiary alicyclic amines) is 1. The highest BCUT2D eigenvalue weighted by atomic mass is 19.4. The van der Waals surface area contributed by atoms with Crippen molar-refractivity contribution in [2.45, 2.75) is 31.3 Å². The summed E-state index contributed by atoms with van der Waals surface area (Å²) in [7, 11) is 0. The van der Waals surface area contributed by atoms with E-state index in [1.165, 1.54) is 12.1 Å². The highest BCUT2D eigenvalue weighted by Crippen LogP contribution is 2.29. The predicted octanol–water partition coefficient (Wildman–Crippen LogP) is 2.32. The molecule has 2 aromatic carbocycles. The molecule has 11 heteroatoms. The molecule has 2 aromatic rings. The lowest BCUT2D eigenvalue weighted by Gasteiger charge is -2.37. The molecule has 2 atom stereocenters. The number of hydrogen-bond donors (Lipinski definition) is 3. The minimum atomic E-state index is -4.54. The topological polar surface area (TPSA) is 88.2 Å². The normalized spacial score (nSPS) is 20.1. The Balaban J connectivity index is 1.15. The number of piperazine rings is 1. The molecule has 0 bridgehead atoms. The lowest BCUT2D eigenvalue weighted by molar-refractivity contribution is -0.137. The van der Waals surface area contributed by atoms with Crippen molar-refractivity contribution in [3.05, 3.63) is 71.3 Å². The van der Waals surface area contributed by atoms with Gasteiger partial charge in [0, 0.05) is 57.9 Å². The van der Waals surface area contributed by atoms with Crippen molar-refractivity contribution in [1.82, 2.24) is 25.3 Å². The van der Waals surface area contributed by atoms with Crippen molar-refractivity contribution >= 4 is 11.8 Å². The monoisotopic (exact) mass is 547 g/mol. The van der Waals surface area contributed by atoms with E-state index in [9.17, 15) is 27.9 Å². The lowest BCUT2D eigenvalue weighted by atomic mass is 10.1. The van der Waals surface area contributed by atoms with Crippen LogP contribution in [-0.2, 0) is 11.0 Å². The summed E-state index contributed by atoms with van der Waals surface area (Å²) in [6, 6.07) is 13.8. The Kier molecular flexibility index (Phi) is 9.95. The average molecular weight is 548 g/mol. The second kappa shape index (κ2) is 13.4. The van der Waals surface area contributed by atoms with Crippen LogP contribution in [-0.4, -0.2) is 96.7 Å². The minimum absolute atomic E-state index is 0.134. The van der Waals surface area contributed by atoms with Gasteiger partial charge in [-0.2, -0.15) is 13.2 Å². The lowest BCUT2D eigenvalue weighted by Crippen LogP contribution is -2.52. The van der Waals surface area contributed by atoms with Gasteiger partial charge in [-0.15, -0.1) is 0 Å². The Morgan fingerprint density at radius 2 is 1.67 bits per heavy atom. The van der Waals surface area contributed by atoms with Gasteiger partial charge in [0.05, 0.1) is 24.4 Å². The van der Waals surface area contributed by atoms with Gasteiger partial charge in [0.25, 0.3) is 5.91 Å². The van der Waals surface area contributed by atoms with Gasteiger partial charge < -0.3 is 15.7 Å². The molecule has 0 aromatic heterocycles. The minimum Gasteiger partial charge on any atom is -0.387 e. The number of nitrogens with zero attached hydrogens (tertiary/aromatic N) is 3. The van der Waals surface area contributed by atoms with Crippen molar-refractivity contribution in [3.63, 3.8) is 0 Å². The second-order valence-corrected chi connectivity index (χ2v) is 10.1. The fourth-order valence-corrected chi connectivity index (χ4v) is 5.08. The van der Waals surface area contributed by atoms with Gasteiger partial charge in [-0.3, -0.25) is 24.3 Å². The molecule has 2 aliphatic heterocycles. The molecule has 212 valence electrons. The van der Waals surface area contributed by atoms with E-state index in [0.29, 0.717) is 6.54 Å². The highest BCUT2D eigenvalue weighted by molar-refractivity contribution is 5.96. The quantitative estimate of drug-likeness (QED) is 0.423. The van der Waals surface area contributed by atoms with E-state index in [1.54, 1.807) is 0 Å². The van der Waals surface area contributed by atoms with Crippen LogP contribution < -0.4 is 10.6 Å². The van der Waals surface area contributed by atoms with E-state index in [0.717, 1.165) is 76.4 Å². The van der Waals surface area contributed by atoms with Crippen LogP contribution >= 0.6 is 0 Å². The summed E-state index contributed by atoms with van der Waals surface area (Å²) in [6.45, 7) is 6.43. The first-order chi connectivity index (χ1) is 18.7. The summed E-state index contributed by atoms with van der Waals surface area (Å²) in [6.07, 6.45) is -3.42. The van der Waals surface area contributed by atoms with Gasteiger partial charge in [-0.25, -0.2) is 0 Å². The van der Waals surface area contributed by atoms with Crippen LogP contribution in [0.3, 0.4) is 0 Å². The Labute approximate surface area is 226 Å². The second-order valence-electron chi connectivity index (χ2n) is 10.1. The van der Waals surface area contributed by atoms with Crippen LogP contribution in [0.5, 0.6) is 0 Å². The molecule has 2 fully saturated rings. The van der Waals surface area contributed by atoms with Gasteiger partial charge in [-0.1, -0.05) is 36.4 Å². The first kappa shape index (κ1) is 29.0. The number of amides is 2. The van der Waals surface area contributed by atoms with Crippen LogP contribution in [0, 0.1) is 0 Å². The number of β-amino-alcohol motifs (C(OH)–C–C–N with tert-alkyl or cyclic N) is 1. The van der Waals surface area contributed by atoms with Gasteiger partial charge in [0.1, 0.15) is 0 Å². The fourth-order valence-electron chi connectivity index (χ4n) is 5.08. The first-order valence-electron chi connectivity index (χ1n) is 13.4. The number of hydrogen-bond acceptors (Lipinski definition) is 6. The number of rotatable bonds is 10. The Hall–Kier alpha value is -2.99. The molecule has 2 aliphatic rings. The zero-order valence-electron chi connectivity index (χ0n) is 21.9. The number of carbonyl (C=O) groups is 2. The zero-order chi connectivity index (χ0) is 27.8. The van der Waals surface area contributed by atoms with E-state index >= 15 is 0 Å². The number of benzene rings is 2. The molecule has 0 aliphatic carbocycles. The third-order valence-corrected chi connectivity index (χ3v) is 7.34. The maximum atomic E-state index is 12.9. The summed E-state index contributed by atoms with van der Waals surface area (Å²) >= 11 is 0. The largest absolute Gasteiger partial charge is 0.416 e. The zero-order valence-corrected chi connectivity index (χ0v) is 21.9. The van der Waals surface area contributed by atoms with Crippen LogP contribution in [0.15, 0.2) is 54.6 Å². The standard InChI is InChI=1S/C28H36F3N5O3/c29-28(30,31)23-9-4-8-22(18-23)27(39)32-19-26(38)33-25-10-5-11-36(25)17-16-34-12-14-35(15-13-34)20-24(37)21-6-2-1-3-7-21/h1-4,6-9,18,24-25,37H,5,10-17,19-20H2,(H,32,39)(H,33,38). The van der Waals surface area contributed by atoms with Gasteiger partial charge in [0.15, 0.2) is 0 Å². The molecule has 0 saturated carbocycles. The molecule has 2 amide bonds. The van der Waals surface area contributed by atoms with Crippen LogP contribution in [0.2, 0.25) is 0 Å². The maximum Gasteiger partial charge on any atom is 0.416 e. The van der Waals surface area contributed by atoms with Crippen molar-refractivity contribution in [1.29, 1.82) is 0 Å². The van der Waals surface area contributed by atoms with Crippen molar-refractivity contribution in [2.75, 3.05) is 58.9 Å². The molecule has 2 unspecified atom stereocenters. The third-order valence-electron chi connectivity index (χ3n) is 7.34. The smallest absolute Gasteiger partial charge is 0.387 e. The third kappa shape index (κ3) is 8.50. The molecule has 39 heavy (non-hydrogen) atoms. The Morgan fingerprint density at radius 1 is 0.949 bits per heavy atom. The summed E-state index contributed by atoms with van der Waals surface area (Å²) in [5, 5.41) is 15.8. The maximum absolute atomic E-state index is 12.9. The number of nitrogens with one attached hydrogen (secondary N) is 2. The number of halogens is 3. The number of alkyl halides is 3. The van der Waals surface area contributed by atoms with Crippen molar-refractivity contribution in [3.8, 4) is 0 Å². The van der Waals surface area contributed by atoms with Gasteiger partial charge in [0.2, 0.25) is 5.91 Å². The van der Waals surface area contributed by atoms with E-state index in [-0.39, 0.29) is 24.2 Å². The number of aliphatic hydroxyl groups excluding tert-OH is 1. The summed E-state index contributed by atoms with van der Waals surface area (Å²) in [5.74, 6) is -1.10. The molecular formula is C28H36F3N5O3. The summed E-state index contributed by atoms with van der Waals surface area (Å²) in [5.41, 5.74) is -0.126. The van der Waals surface area contributed by atoms with E-state index in [1.807, 2.05) is 30.3 Å². The molecule has 2 saturated heterocycles. The van der Waals surface area contributed by atoms with Crippen LogP contribution in [0.1, 0.15) is 40.4 Å². The highest BCUT2D eigenvalue weighted by Gasteiger charge is 2.31. The SMILES string of the molecule is O=C(CNC(=O)c1cccc(C(F)(F)F)c1)NC1CCCN1CCN1CCN(CC(O)c2ccccc2)CC1. The Bertz CT molecular complexity index is 1090. The number of carbonyl (C=O) groups excluding carboxylic acids is 2. The average Bonchev–Trinajstić information content (AvgIpc) is 3.38. The summed E-state index contributed by atoms with van der Waals surface area (Å²) < 4.78 is 38.7. The van der Waals surface area contributed by atoms with Crippen LogP contribution in [0.25, 0.3) is 0 Å². The molecule has 0 spiro atoms. The molecular weight excluding hydrogens is 511 g/mol. The van der Waals surface area contributed by atoms with Crippen molar-refractivity contribution in [2.24, 2.45) is 0 Å². The van der Waals surface area contributed by atoms with E-state index in [4.69, 9.17) is 0 Å². The molecule has 8 nitrogen and oxygen atoms in total. The molecule has 4 rings (SSSR count). The van der Waals surface area contributed by atoms with Crippen LogP contribution in [0.4, 0.5) is 13.2 Å². The first-order valence-corrected chi connectivity index (χ1v) is 13.4. The van der Waals surface area contributed by atoms with Crippen molar-refractivity contribution < 1.29 is 27.9 Å². The van der Waals surface area contributed by atoms with Gasteiger partial charge in [-0.05, 0) is 36.6 Å². The molecule has 0 radical (unpaired) electrons.